The number of carbonyl (C=O) groups is 1. The minimum absolute atomic E-state index is 0.128. The van der Waals surface area contributed by atoms with Gasteiger partial charge in [0, 0.05) is 17.9 Å². The van der Waals surface area contributed by atoms with E-state index in [9.17, 15) is 9.90 Å². The van der Waals surface area contributed by atoms with Gasteiger partial charge in [-0.25, -0.2) is 0 Å². The number of hydrogen-bond acceptors (Lipinski definition) is 5. The second-order valence-corrected chi connectivity index (χ2v) is 5.17. The van der Waals surface area contributed by atoms with Crippen molar-refractivity contribution in [2.45, 2.75) is 6.10 Å². The van der Waals surface area contributed by atoms with Gasteiger partial charge in [-0.05, 0) is 35.7 Å². The average molecular weight is 292 g/mol. The van der Waals surface area contributed by atoms with E-state index < -0.39 is 6.10 Å². The Kier molecular flexibility index (Phi) is 5.11. The number of thiophene rings is 1. The van der Waals surface area contributed by atoms with Crippen LogP contribution >= 0.6 is 11.3 Å². The molecule has 0 fully saturated rings. The summed E-state index contributed by atoms with van der Waals surface area (Å²) in [6.07, 6.45) is -0.784. The Balaban J connectivity index is 1.90. The molecule has 20 heavy (non-hydrogen) atoms. The Bertz CT molecular complexity index is 540. The molecule has 4 N–H and O–H groups in total. The first-order chi connectivity index (χ1) is 9.69. The fraction of sp³-hybridized carbons (Fsp3) is 0.214. The number of amides is 1. The first-order valence-electron chi connectivity index (χ1n) is 6.17. The van der Waals surface area contributed by atoms with Crippen molar-refractivity contribution in [2.75, 3.05) is 23.8 Å². The van der Waals surface area contributed by atoms with E-state index in [4.69, 9.17) is 5.11 Å². The van der Waals surface area contributed by atoms with E-state index in [1.807, 2.05) is 11.4 Å². The molecule has 5 nitrogen and oxygen atoms in total. The molecule has 1 aromatic heterocycles. The number of carbonyl (C=O) groups excluding carboxylic acids is 1. The molecule has 1 aromatic carbocycles. The van der Waals surface area contributed by atoms with Crippen LogP contribution in [0.5, 0.6) is 0 Å². The largest absolute Gasteiger partial charge is 0.394 e. The summed E-state index contributed by atoms with van der Waals surface area (Å²) < 4.78 is 0. The molecule has 1 atom stereocenters. The highest BCUT2D eigenvalue weighted by atomic mass is 32.1. The summed E-state index contributed by atoms with van der Waals surface area (Å²) >= 11 is 1.39. The molecule has 0 aliphatic heterocycles. The first kappa shape index (κ1) is 14.5. The summed E-state index contributed by atoms with van der Waals surface area (Å²) in [5.41, 5.74) is 1.52. The Labute approximate surface area is 120 Å². The number of nitrogens with one attached hydrogen (secondary N) is 2. The number of aliphatic hydroxyl groups excluding tert-OH is 2. The van der Waals surface area contributed by atoms with Crippen molar-refractivity contribution in [1.82, 2.24) is 0 Å². The van der Waals surface area contributed by atoms with E-state index in [0.29, 0.717) is 10.6 Å². The van der Waals surface area contributed by atoms with Gasteiger partial charge in [0.25, 0.3) is 5.91 Å². The zero-order valence-electron chi connectivity index (χ0n) is 10.7. The summed E-state index contributed by atoms with van der Waals surface area (Å²) in [5.74, 6) is -0.128. The standard InChI is InChI=1S/C14H16N2O3S/c17-9-12(18)8-15-10-3-5-11(6-4-10)16-14(19)13-2-1-7-20-13/h1-7,12,15,17-18H,8-9H2,(H,16,19). The van der Waals surface area contributed by atoms with Crippen LogP contribution in [0.25, 0.3) is 0 Å². The fourth-order valence-electron chi connectivity index (χ4n) is 1.57. The maximum atomic E-state index is 11.8. The molecule has 0 bridgehead atoms. The molecule has 0 radical (unpaired) electrons. The first-order valence-corrected chi connectivity index (χ1v) is 7.04. The van der Waals surface area contributed by atoms with Gasteiger partial charge in [0.05, 0.1) is 17.6 Å². The van der Waals surface area contributed by atoms with Gasteiger partial charge < -0.3 is 20.8 Å². The van der Waals surface area contributed by atoms with Gasteiger partial charge in [-0.2, -0.15) is 0 Å². The van der Waals surface area contributed by atoms with Crippen molar-refractivity contribution in [3.8, 4) is 0 Å². The molecule has 0 aliphatic rings. The highest BCUT2D eigenvalue weighted by Gasteiger charge is 2.06. The van der Waals surface area contributed by atoms with E-state index in [1.165, 1.54) is 11.3 Å². The van der Waals surface area contributed by atoms with Gasteiger partial charge in [-0.1, -0.05) is 6.07 Å². The molecule has 1 heterocycles. The number of benzene rings is 1. The van der Waals surface area contributed by atoms with Crippen LogP contribution in [0.3, 0.4) is 0 Å². The van der Waals surface area contributed by atoms with Crippen molar-refractivity contribution in [2.24, 2.45) is 0 Å². The van der Waals surface area contributed by atoms with E-state index in [-0.39, 0.29) is 19.1 Å². The lowest BCUT2D eigenvalue weighted by atomic mass is 10.2. The molecular formula is C14H16N2O3S. The highest BCUT2D eigenvalue weighted by Crippen LogP contribution is 2.16. The minimum atomic E-state index is -0.784. The zero-order chi connectivity index (χ0) is 14.4. The predicted octanol–water partition coefficient (Wildman–Crippen LogP) is 1.77. The topological polar surface area (TPSA) is 81.6 Å². The summed E-state index contributed by atoms with van der Waals surface area (Å²) in [6.45, 7) is -0.000639. The third-order valence-corrected chi connectivity index (χ3v) is 3.51. The quantitative estimate of drug-likeness (QED) is 0.654. The Hall–Kier alpha value is -1.89. The molecule has 1 amide bonds. The zero-order valence-corrected chi connectivity index (χ0v) is 11.6. The Morgan fingerprint density at radius 2 is 1.90 bits per heavy atom. The fourth-order valence-corrected chi connectivity index (χ4v) is 2.19. The van der Waals surface area contributed by atoms with Gasteiger partial charge in [0.2, 0.25) is 0 Å². The summed E-state index contributed by atoms with van der Waals surface area (Å²) in [7, 11) is 0. The lowest BCUT2D eigenvalue weighted by Gasteiger charge is -2.11. The number of aliphatic hydroxyl groups is 2. The molecule has 1 unspecified atom stereocenters. The van der Waals surface area contributed by atoms with E-state index >= 15 is 0 Å². The second kappa shape index (κ2) is 7.04. The van der Waals surface area contributed by atoms with Crippen molar-refractivity contribution in [3.05, 3.63) is 46.7 Å². The smallest absolute Gasteiger partial charge is 0.265 e. The van der Waals surface area contributed by atoms with Crippen LogP contribution in [0.15, 0.2) is 41.8 Å². The number of anilines is 2. The van der Waals surface area contributed by atoms with Crippen LogP contribution in [0.1, 0.15) is 9.67 Å². The summed E-state index contributed by atoms with van der Waals surface area (Å²) in [5, 5.41) is 25.6. The highest BCUT2D eigenvalue weighted by molar-refractivity contribution is 7.12. The second-order valence-electron chi connectivity index (χ2n) is 4.23. The lowest BCUT2D eigenvalue weighted by Crippen LogP contribution is -2.22. The maximum Gasteiger partial charge on any atom is 0.265 e. The van der Waals surface area contributed by atoms with Gasteiger partial charge in [0.15, 0.2) is 0 Å². The monoisotopic (exact) mass is 292 g/mol. The number of hydrogen-bond donors (Lipinski definition) is 4. The molecule has 0 spiro atoms. The van der Waals surface area contributed by atoms with Crippen molar-refractivity contribution in [3.63, 3.8) is 0 Å². The predicted molar refractivity (Wildman–Crippen MR) is 80.3 cm³/mol. The molecule has 0 saturated heterocycles. The minimum Gasteiger partial charge on any atom is -0.394 e. The maximum absolute atomic E-state index is 11.8. The van der Waals surface area contributed by atoms with Crippen LogP contribution < -0.4 is 10.6 Å². The van der Waals surface area contributed by atoms with E-state index in [2.05, 4.69) is 10.6 Å². The van der Waals surface area contributed by atoms with Crippen LogP contribution in [-0.4, -0.2) is 35.4 Å². The lowest BCUT2D eigenvalue weighted by molar-refractivity contribution is 0.103. The molecule has 2 rings (SSSR count). The Morgan fingerprint density at radius 3 is 2.50 bits per heavy atom. The molecular weight excluding hydrogens is 276 g/mol. The van der Waals surface area contributed by atoms with Gasteiger partial charge >= 0.3 is 0 Å². The summed E-state index contributed by atoms with van der Waals surface area (Å²) in [6, 6.07) is 10.8. The van der Waals surface area contributed by atoms with Crippen LogP contribution in [0.2, 0.25) is 0 Å². The molecule has 106 valence electrons. The SMILES string of the molecule is O=C(Nc1ccc(NCC(O)CO)cc1)c1cccs1. The van der Waals surface area contributed by atoms with Gasteiger partial charge in [0.1, 0.15) is 0 Å². The van der Waals surface area contributed by atoms with Gasteiger partial charge in [-0.3, -0.25) is 4.79 Å². The van der Waals surface area contributed by atoms with Crippen molar-refractivity contribution in [1.29, 1.82) is 0 Å². The van der Waals surface area contributed by atoms with Crippen LogP contribution in [0.4, 0.5) is 11.4 Å². The average Bonchev–Trinajstić information content (AvgIpc) is 3.00. The van der Waals surface area contributed by atoms with Crippen molar-refractivity contribution < 1.29 is 15.0 Å². The third-order valence-electron chi connectivity index (χ3n) is 2.64. The molecule has 0 saturated carbocycles. The summed E-state index contributed by atoms with van der Waals surface area (Å²) in [4.78, 5) is 12.5. The molecule has 0 aliphatic carbocycles. The van der Waals surface area contributed by atoms with Crippen LogP contribution in [-0.2, 0) is 0 Å². The Morgan fingerprint density at radius 1 is 1.20 bits per heavy atom. The molecule has 2 aromatic rings. The van der Waals surface area contributed by atoms with Crippen molar-refractivity contribution >= 4 is 28.6 Å². The van der Waals surface area contributed by atoms with Gasteiger partial charge in [-0.15, -0.1) is 11.3 Å². The number of rotatable bonds is 6. The van der Waals surface area contributed by atoms with E-state index in [1.54, 1.807) is 30.3 Å². The molecule has 6 heteroatoms. The normalized spacial score (nSPS) is 11.9. The van der Waals surface area contributed by atoms with Crippen LogP contribution in [0, 0.1) is 0 Å². The van der Waals surface area contributed by atoms with E-state index in [0.717, 1.165) is 5.69 Å². The third kappa shape index (κ3) is 4.06.